The number of anilines is 1. The van der Waals surface area contributed by atoms with E-state index in [0.29, 0.717) is 6.54 Å². The molecule has 4 N–H and O–H groups in total. The van der Waals surface area contributed by atoms with Crippen LogP contribution in [-0.4, -0.2) is 65.6 Å². The number of piperazine rings is 1. The quantitative estimate of drug-likeness (QED) is 0.227. The van der Waals surface area contributed by atoms with Crippen molar-refractivity contribution in [2.75, 3.05) is 38.2 Å². The Labute approximate surface area is 207 Å². The first-order chi connectivity index (χ1) is 17.3. The third-order valence-electron chi connectivity index (χ3n) is 5.97. The minimum atomic E-state index is -0.697. The summed E-state index contributed by atoms with van der Waals surface area (Å²) in [7, 11) is 1.61. The third-order valence-corrected chi connectivity index (χ3v) is 5.97. The van der Waals surface area contributed by atoms with Crippen LogP contribution in [-0.2, 0) is 6.54 Å². The molecule has 1 aliphatic heterocycles. The number of nitrogens with zero attached hydrogens (tertiary/aromatic N) is 3. The number of hydrazone groups is 1. The number of benzene rings is 3. The van der Waals surface area contributed by atoms with Crippen LogP contribution in [0.2, 0.25) is 0 Å². The van der Waals surface area contributed by atoms with Crippen molar-refractivity contribution in [1.82, 2.24) is 10.3 Å². The summed E-state index contributed by atoms with van der Waals surface area (Å²) < 4.78 is 18.7. The molecule has 1 heterocycles. The number of amides is 1. The first-order valence-electron chi connectivity index (χ1n) is 11.3. The Kier molecular flexibility index (Phi) is 7.55. The second kappa shape index (κ2) is 11.0. The topological polar surface area (TPSA) is 118 Å². The van der Waals surface area contributed by atoms with E-state index in [1.165, 1.54) is 18.3 Å². The van der Waals surface area contributed by atoms with Crippen LogP contribution >= 0.6 is 0 Å². The number of halogens is 1. The Balaban J connectivity index is 1.37. The predicted octanol–water partition coefficient (Wildman–Crippen LogP) is 3.04. The second-order valence-corrected chi connectivity index (χ2v) is 8.37. The van der Waals surface area contributed by atoms with Crippen LogP contribution in [0.4, 0.5) is 10.1 Å². The van der Waals surface area contributed by atoms with Gasteiger partial charge in [-0.3, -0.25) is 9.69 Å². The first kappa shape index (κ1) is 24.8. The lowest BCUT2D eigenvalue weighted by atomic mass is 10.1. The van der Waals surface area contributed by atoms with Gasteiger partial charge in [0.1, 0.15) is 11.6 Å². The van der Waals surface area contributed by atoms with Gasteiger partial charge in [0.05, 0.1) is 13.3 Å². The molecular formula is C26H27FN4O5. The van der Waals surface area contributed by atoms with Crippen molar-refractivity contribution in [2.45, 2.75) is 6.54 Å². The lowest BCUT2D eigenvalue weighted by Gasteiger charge is -2.36. The molecule has 0 aliphatic carbocycles. The van der Waals surface area contributed by atoms with Gasteiger partial charge >= 0.3 is 0 Å². The van der Waals surface area contributed by atoms with Gasteiger partial charge in [-0.2, -0.15) is 5.10 Å². The Bertz CT molecular complexity index is 1230. The van der Waals surface area contributed by atoms with E-state index in [9.17, 15) is 24.5 Å². The summed E-state index contributed by atoms with van der Waals surface area (Å²) in [6, 6.07) is 14.2. The summed E-state index contributed by atoms with van der Waals surface area (Å²) in [6.07, 6.45) is 1.48. The molecule has 3 aromatic carbocycles. The normalized spacial score (nSPS) is 14.2. The number of methoxy groups -OCH3 is 1. The van der Waals surface area contributed by atoms with Crippen molar-refractivity contribution < 1.29 is 29.2 Å². The zero-order chi connectivity index (χ0) is 25.7. The van der Waals surface area contributed by atoms with E-state index in [0.717, 1.165) is 60.9 Å². The van der Waals surface area contributed by atoms with E-state index in [1.807, 2.05) is 18.2 Å². The van der Waals surface area contributed by atoms with Gasteiger partial charge < -0.3 is 25.0 Å². The summed E-state index contributed by atoms with van der Waals surface area (Å²) in [4.78, 5) is 16.8. The lowest BCUT2D eigenvalue weighted by molar-refractivity contribution is 0.0954. The second-order valence-electron chi connectivity index (χ2n) is 8.37. The predicted molar refractivity (Wildman–Crippen MR) is 133 cm³/mol. The molecule has 9 nitrogen and oxygen atoms in total. The zero-order valence-corrected chi connectivity index (χ0v) is 19.7. The smallest absolute Gasteiger partial charge is 0.271 e. The molecule has 10 heteroatoms. The van der Waals surface area contributed by atoms with Gasteiger partial charge in [-0.15, -0.1) is 0 Å². The van der Waals surface area contributed by atoms with E-state index in [-0.39, 0.29) is 11.4 Å². The van der Waals surface area contributed by atoms with Gasteiger partial charge in [0, 0.05) is 49.5 Å². The fourth-order valence-corrected chi connectivity index (χ4v) is 4.02. The molecule has 0 aromatic heterocycles. The van der Waals surface area contributed by atoms with Gasteiger partial charge in [-0.05, 0) is 60.2 Å². The van der Waals surface area contributed by atoms with Crippen molar-refractivity contribution >= 4 is 17.8 Å². The molecule has 1 aliphatic rings. The Hall–Kier alpha value is -4.31. The lowest BCUT2D eigenvalue weighted by Crippen LogP contribution is -2.46. The minimum Gasteiger partial charge on any atom is -0.504 e. The van der Waals surface area contributed by atoms with Crippen LogP contribution in [0.25, 0.3) is 0 Å². The van der Waals surface area contributed by atoms with E-state index in [4.69, 9.17) is 4.74 Å². The molecule has 0 unspecified atom stereocenters. The Morgan fingerprint density at radius 3 is 2.33 bits per heavy atom. The van der Waals surface area contributed by atoms with Crippen LogP contribution in [0.1, 0.15) is 21.5 Å². The highest BCUT2D eigenvalue weighted by Crippen LogP contribution is 2.35. The molecule has 36 heavy (non-hydrogen) atoms. The van der Waals surface area contributed by atoms with Gasteiger partial charge in [0.15, 0.2) is 17.2 Å². The maximum Gasteiger partial charge on any atom is 0.271 e. The number of hydrogen-bond acceptors (Lipinski definition) is 8. The fraction of sp³-hybridized carbons (Fsp3) is 0.231. The van der Waals surface area contributed by atoms with Crippen LogP contribution in [0.15, 0.2) is 59.7 Å². The number of rotatable bonds is 7. The average Bonchev–Trinajstić information content (AvgIpc) is 2.88. The Morgan fingerprint density at radius 2 is 1.69 bits per heavy atom. The van der Waals surface area contributed by atoms with Gasteiger partial charge in [-0.25, -0.2) is 9.82 Å². The molecule has 0 radical (unpaired) electrons. The summed E-state index contributed by atoms with van der Waals surface area (Å²) in [5, 5.41) is 32.5. The number of nitrogens with one attached hydrogen (secondary N) is 1. The molecule has 188 valence electrons. The fourth-order valence-electron chi connectivity index (χ4n) is 4.02. The summed E-state index contributed by atoms with van der Waals surface area (Å²) in [5.41, 5.74) is 4.99. The molecule has 0 saturated carbocycles. The number of hydrogen-bond donors (Lipinski definition) is 4. The summed E-state index contributed by atoms with van der Waals surface area (Å²) in [5.74, 6) is -2.08. The highest BCUT2D eigenvalue weighted by atomic mass is 19.1. The number of aromatic hydroxyl groups is 3. The average molecular weight is 495 g/mol. The minimum absolute atomic E-state index is 0.0600. The molecular weight excluding hydrogens is 467 g/mol. The maximum absolute atomic E-state index is 13.2. The number of carbonyl (C=O) groups is 1. The van der Waals surface area contributed by atoms with Crippen molar-refractivity contribution in [3.63, 3.8) is 0 Å². The summed E-state index contributed by atoms with van der Waals surface area (Å²) in [6.45, 7) is 3.98. The largest absolute Gasteiger partial charge is 0.504 e. The van der Waals surface area contributed by atoms with Crippen molar-refractivity contribution in [1.29, 1.82) is 0 Å². The molecule has 3 aromatic rings. The number of phenols is 3. The number of ether oxygens (including phenoxy) is 1. The number of phenolic OH excluding ortho intramolecular Hbond substituents is 3. The highest BCUT2D eigenvalue weighted by molar-refractivity contribution is 5.96. The van der Waals surface area contributed by atoms with Gasteiger partial charge in [0.25, 0.3) is 5.91 Å². The van der Waals surface area contributed by atoms with Crippen LogP contribution in [0, 0.1) is 5.82 Å². The van der Waals surface area contributed by atoms with E-state index in [1.54, 1.807) is 19.2 Å². The summed E-state index contributed by atoms with van der Waals surface area (Å²) >= 11 is 0. The molecule has 1 fully saturated rings. The van der Waals surface area contributed by atoms with E-state index in [2.05, 4.69) is 20.3 Å². The van der Waals surface area contributed by atoms with Crippen molar-refractivity contribution in [3.8, 4) is 23.0 Å². The van der Waals surface area contributed by atoms with E-state index < -0.39 is 23.2 Å². The SMILES string of the molecule is COc1ccc(/C=N/NC(=O)c2cc(O)c(O)c(O)c2)cc1CN1CCN(c2ccc(F)cc2)CC1. The molecule has 0 spiro atoms. The molecule has 1 saturated heterocycles. The van der Waals surface area contributed by atoms with Crippen molar-refractivity contribution in [3.05, 3.63) is 77.1 Å². The van der Waals surface area contributed by atoms with E-state index >= 15 is 0 Å². The maximum atomic E-state index is 13.2. The molecule has 1 amide bonds. The van der Waals surface area contributed by atoms with Crippen LogP contribution in [0.3, 0.4) is 0 Å². The Morgan fingerprint density at radius 1 is 1.03 bits per heavy atom. The van der Waals surface area contributed by atoms with Crippen LogP contribution < -0.4 is 15.1 Å². The molecule has 4 rings (SSSR count). The van der Waals surface area contributed by atoms with Crippen LogP contribution in [0.5, 0.6) is 23.0 Å². The van der Waals surface area contributed by atoms with Gasteiger partial charge in [0.2, 0.25) is 0 Å². The molecule has 0 bridgehead atoms. The number of carbonyl (C=O) groups excluding carboxylic acids is 1. The first-order valence-corrected chi connectivity index (χ1v) is 11.3. The zero-order valence-electron chi connectivity index (χ0n) is 19.7. The van der Waals surface area contributed by atoms with Gasteiger partial charge in [-0.1, -0.05) is 0 Å². The highest BCUT2D eigenvalue weighted by Gasteiger charge is 2.19. The standard InChI is InChI=1S/C26H27FN4O5/c1-36-24-7-2-17(15-28-29-26(35)18-13-22(32)25(34)23(33)14-18)12-19(24)16-30-8-10-31(11-9-30)21-5-3-20(27)4-6-21/h2-7,12-15,32-34H,8-11,16H2,1H3,(H,29,35)/b28-15+. The third kappa shape index (κ3) is 5.84. The molecule has 0 atom stereocenters. The van der Waals surface area contributed by atoms with Crippen molar-refractivity contribution in [2.24, 2.45) is 5.10 Å². The monoisotopic (exact) mass is 494 g/mol.